The number of furan rings is 1. The molecular weight excluding hydrogens is 300 g/mol. The number of fused-ring (bicyclic) bond motifs is 1. The van der Waals surface area contributed by atoms with E-state index in [-0.39, 0.29) is 10.6 Å². The maximum atomic E-state index is 13.9. The number of benzene rings is 2. The molecule has 5 heteroatoms. The van der Waals surface area contributed by atoms with Crippen LogP contribution in [0.2, 0.25) is 10.0 Å². The van der Waals surface area contributed by atoms with Gasteiger partial charge in [-0.3, -0.25) is 0 Å². The van der Waals surface area contributed by atoms with Gasteiger partial charge in [-0.15, -0.1) is 0 Å². The Morgan fingerprint density at radius 1 is 1.10 bits per heavy atom. The zero-order chi connectivity index (χ0) is 14.3. The van der Waals surface area contributed by atoms with Crippen LogP contribution < -0.4 is 5.73 Å². The van der Waals surface area contributed by atoms with Gasteiger partial charge in [-0.25, -0.2) is 4.39 Å². The van der Waals surface area contributed by atoms with Crippen LogP contribution in [0.4, 0.5) is 4.39 Å². The predicted octanol–water partition coefficient (Wildman–Crippen LogP) is 4.93. The molecule has 0 amide bonds. The molecule has 1 atom stereocenters. The van der Waals surface area contributed by atoms with Gasteiger partial charge in [0.05, 0.1) is 6.04 Å². The fourth-order valence-corrected chi connectivity index (χ4v) is 2.60. The number of halogens is 3. The van der Waals surface area contributed by atoms with Crippen molar-refractivity contribution in [1.29, 1.82) is 0 Å². The molecule has 20 heavy (non-hydrogen) atoms. The van der Waals surface area contributed by atoms with Crippen LogP contribution in [0.5, 0.6) is 0 Å². The van der Waals surface area contributed by atoms with E-state index in [4.69, 9.17) is 33.4 Å². The fraction of sp³-hybridized carbons (Fsp3) is 0.0667. The molecule has 0 aliphatic rings. The van der Waals surface area contributed by atoms with Gasteiger partial charge in [-0.05, 0) is 36.4 Å². The van der Waals surface area contributed by atoms with Crippen LogP contribution in [-0.4, -0.2) is 0 Å². The van der Waals surface area contributed by atoms with Gasteiger partial charge in [0.2, 0.25) is 0 Å². The normalized spacial score (nSPS) is 12.8. The van der Waals surface area contributed by atoms with Crippen LogP contribution in [0, 0.1) is 5.82 Å². The third-order valence-electron chi connectivity index (χ3n) is 3.11. The molecule has 0 bridgehead atoms. The molecule has 2 nitrogen and oxygen atoms in total. The summed E-state index contributed by atoms with van der Waals surface area (Å²) in [5.74, 6) is -0.0160. The largest absolute Gasteiger partial charge is 0.459 e. The highest BCUT2D eigenvalue weighted by molar-refractivity contribution is 6.31. The first-order chi connectivity index (χ1) is 9.56. The molecule has 0 radical (unpaired) electrons. The fourth-order valence-electron chi connectivity index (χ4n) is 2.14. The summed E-state index contributed by atoms with van der Waals surface area (Å²) in [5, 5.41) is 1.69. The second kappa shape index (κ2) is 5.09. The number of hydrogen-bond acceptors (Lipinski definition) is 2. The minimum Gasteiger partial charge on any atom is -0.459 e. The highest BCUT2D eigenvalue weighted by Gasteiger charge is 2.20. The lowest BCUT2D eigenvalue weighted by atomic mass is 10.0. The topological polar surface area (TPSA) is 39.2 Å². The molecule has 1 heterocycles. The van der Waals surface area contributed by atoms with Crippen LogP contribution >= 0.6 is 23.2 Å². The second-order valence-corrected chi connectivity index (χ2v) is 5.29. The zero-order valence-corrected chi connectivity index (χ0v) is 11.8. The molecule has 3 rings (SSSR count). The molecule has 102 valence electrons. The summed E-state index contributed by atoms with van der Waals surface area (Å²) in [6, 6.07) is 10.7. The van der Waals surface area contributed by atoms with E-state index >= 15 is 0 Å². The molecule has 0 spiro atoms. The van der Waals surface area contributed by atoms with Crippen molar-refractivity contribution in [3.8, 4) is 0 Å². The summed E-state index contributed by atoms with van der Waals surface area (Å²) in [6.07, 6.45) is 0. The lowest BCUT2D eigenvalue weighted by Gasteiger charge is -2.11. The summed E-state index contributed by atoms with van der Waals surface area (Å²) in [7, 11) is 0. The van der Waals surface area contributed by atoms with E-state index in [0.29, 0.717) is 16.4 Å². The molecule has 0 aliphatic carbocycles. The van der Waals surface area contributed by atoms with Crippen molar-refractivity contribution in [3.63, 3.8) is 0 Å². The van der Waals surface area contributed by atoms with Gasteiger partial charge in [0.15, 0.2) is 0 Å². The van der Waals surface area contributed by atoms with Crippen molar-refractivity contribution in [1.82, 2.24) is 0 Å². The first kappa shape index (κ1) is 13.4. The lowest BCUT2D eigenvalue weighted by Crippen LogP contribution is -2.13. The molecule has 1 unspecified atom stereocenters. The molecule has 0 aliphatic heterocycles. The monoisotopic (exact) mass is 309 g/mol. The van der Waals surface area contributed by atoms with Gasteiger partial charge >= 0.3 is 0 Å². The summed E-state index contributed by atoms with van der Waals surface area (Å²) < 4.78 is 19.5. The summed E-state index contributed by atoms with van der Waals surface area (Å²) in [6.45, 7) is 0. The third-order valence-corrected chi connectivity index (χ3v) is 3.68. The second-order valence-electron chi connectivity index (χ2n) is 4.44. The Bertz CT molecular complexity index is 764. The minimum atomic E-state index is -0.769. The maximum Gasteiger partial charge on any atom is 0.134 e. The summed E-state index contributed by atoms with van der Waals surface area (Å²) in [4.78, 5) is 0. The zero-order valence-electron chi connectivity index (χ0n) is 10.2. The quantitative estimate of drug-likeness (QED) is 0.729. The van der Waals surface area contributed by atoms with Gasteiger partial charge in [-0.2, -0.15) is 0 Å². The van der Waals surface area contributed by atoms with Crippen molar-refractivity contribution in [3.05, 3.63) is 69.7 Å². The van der Waals surface area contributed by atoms with Gasteiger partial charge in [0, 0.05) is 21.0 Å². The van der Waals surface area contributed by atoms with E-state index in [1.807, 2.05) is 0 Å². The van der Waals surface area contributed by atoms with Gasteiger partial charge in [0.25, 0.3) is 0 Å². The van der Waals surface area contributed by atoms with Crippen molar-refractivity contribution in [2.24, 2.45) is 5.73 Å². The van der Waals surface area contributed by atoms with Crippen LogP contribution in [-0.2, 0) is 0 Å². The molecule has 1 aromatic heterocycles. The minimum absolute atomic E-state index is 0.222. The average molecular weight is 310 g/mol. The van der Waals surface area contributed by atoms with Crippen LogP contribution in [0.3, 0.4) is 0 Å². The number of rotatable bonds is 2. The SMILES string of the molecule is NC(c1cc2cc(Cl)ccc2o1)c1c(F)cccc1Cl. The van der Waals surface area contributed by atoms with Crippen molar-refractivity contribution >= 4 is 34.2 Å². The summed E-state index contributed by atoms with van der Waals surface area (Å²) in [5.41, 5.74) is 6.94. The molecule has 3 aromatic rings. The molecular formula is C15H10Cl2FNO. The Hall–Kier alpha value is -1.55. The van der Waals surface area contributed by atoms with Gasteiger partial charge in [-0.1, -0.05) is 29.3 Å². The first-order valence-corrected chi connectivity index (χ1v) is 6.70. The number of nitrogens with two attached hydrogens (primary N) is 1. The number of hydrogen-bond donors (Lipinski definition) is 1. The van der Waals surface area contributed by atoms with Crippen LogP contribution in [0.1, 0.15) is 17.4 Å². The Morgan fingerprint density at radius 2 is 1.90 bits per heavy atom. The average Bonchev–Trinajstić information content (AvgIpc) is 2.81. The predicted molar refractivity (Wildman–Crippen MR) is 78.7 cm³/mol. The van der Waals surface area contributed by atoms with Gasteiger partial charge in [0.1, 0.15) is 17.2 Å². The Morgan fingerprint density at radius 3 is 2.65 bits per heavy atom. The molecule has 0 saturated heterocycles. The van der Waals surface area contributed by atoms with E-state index < -0.39 is 11.9 Å². The molecule has 0 fully saturated rings. The summed E-state index contributed by atoms with van der Waals surface area (Å²) >= 11 is 11.9. The lowest BCUT2D eigenvalue weighted by molar-refractivity contribution is 0.510. The molecule has 0 saturated carbocycles. The Kier molecular flexibility index (Phi) is 3.42. The van der Waals surface area contributed by atoms with E-state index in [1.54, 1.807) is 30.3 Å². The van der Waals surface area contributed by atoms with E-state index in [2.05, 4.69) is 0 Å². The highest BCUT2D eigenvalue weighted by Crippen LogP contribution is 2.32. The van der Waals surface area contributed by atoms with Gasteiger partial charge < -0.3 is 10.2 Å². The maximum absolute atomic E-state index is 13.9. The van der Waals surface area contributed by atoms with Crippen molar-refractivity contribution in [2.75, 3.05) is 0 Å². The Labute approximate surface area is 124 Å². The smallest absolute Gasteiger partial charge is 0.134 e. The third kappa shape index (κ3) is 2.29. The van der Waals surface area contributed by atoms with E-state index in [9.17, 15) is 4.39 Å². The standard InChI is InChI=1S/C15H10Cl2FNO/c16-9-4-5-12-8(6-9)7-13(20-12)15(19)14-10(17)2-1-3-11(14)18/h1-7,15H,19H2. The van der Waals surface area contributed by atoms with Crippen LogP contribution in [0.15, 0.2) is 46.9 Å². The first-order valence-electron chi connectivity index (χ1n) is 5.95. The van der Waals surface area contributed by atoms with Crippen molar-refractivity contribution < 1.29 is 8.81 Å². The Balaban J connectivity index is 2.10. The van der Waals surface area contributed by atoms with E-state index in [1.165, 1.54) is 12.1 Å². The highest BCUT2D eigenvalue weighted by atomic mass is 35.5. The van der Waals surface area contributed by atoms with Crippen LogP contribution in [0.25, 0.3) is 11.0 Å². The van der Waals surface area contributed by atoms with Crippen molar-refractivity contribution in [2.45, 2.75) is 6.04 Å². The van der Waals surface area contributed by atoms with E-state index in [0.717, 1.165) is 5.39 Å². The molecule has 2 aromatic carbocycles. The molecule has 2 N–H and O–H groups in total.